The van der Waals surface area contributed by atoms with Gasteiger partial charge in [-0.2, -0.15) is 0 Å². The maximum Gasteiger partial charge on any atom is 0.340 e. The van der Waals surface area contributed by atoms with Crippen LogP contribution in [0.2, 0.25) is 0 Å². The van der Waals surface area contributed by atoms with Gasteiger partial charge < -0.3 is 13.6 Å². The van der Waals surface area contributed by atoms with Crippen molar-refractivity contribution in [2.75, 3.05) is 6.61 Å². The number of nitrogens with zero attached hydrogens (tertiary/aromatic N) is 1. The zero-order valence-corrected chi connectivity index (χ0v) is 13.6. The summed E-state index contributed by atoms with van der Waals surface area (Å²) in [6.45, 7) is 2.02. The van der Waals surface area contributed by atoms with E-state index in [2.05, 4.69) is 0 Å². The maximum atomic E-state index is 13.0. The van der Waals surface area contributed by atoms with Crippen LogP contribution in [0, 0.1) is 0 Å². The number of hydrogen-bond donors (Lipinski definition) is 0. The topological polar surface area (TPSA) is 60.9 Å². The van der Waals surface area contributed by atoms with Gasteiger partial charge in [-0.05, 0) is 37.3 Å². The first-order valence-electron chi connectivity index (χ1n) is 7.99. The molecule has 0 fully saturated rings. The number of rotatable bonds is 4. The lowest BCUT2D eigenvalue weighted by molar-refractivity contribution is 0.0529. The maximum absolute atomic E-state index is 13.0. The van der Waals surface area contributed by atoms with Crippen LogP contribution in [0.1, 0.15) is 33.5 Å². The van der Waals surface area contributed by atoms with Crippen molar-refractivity contribution in [2.24, 2.45) is 0 Å². The Morgan fingerprint density at radius 1 is 1.08 bits per heavy atom. The van der Waals surface area contributed by atoms with Gasteiger partial charge in [0.15, 0.2) is 5.76 Å². The van der Waals surface area contributed by atoms with Crippen molar-refractivity contribution in [3.63, 3.8) is 0 Å². The number of para-hydroxylation sites is 1. The molecule has 0 amide bonds. The van der Waals surface area contributed by atoms with Gasteiger partial charge in [0, 0.05) is 11.6 Å². The first-order valence-corrected chi connectivity index (χ1v) is 7.99. The van der Waals surface area contributed by atoms with Crippen LogP contribution in [0.5, 0.6) is 0 Å². The molecular formula is C20H15NO4. The molecule has 25 heavy (non-hydrogen) atoms. The molecule has 0 aliphatic heterocycles. The minimum Gasteiger partial charge on any atom is -0.462 e. The average molecular weight is 333 g/mol. The van der Waals surface area contributed by atoms with Gasteiger partial charge in [0.05, 0.1) is 23.4 Å². The van der Waals surface area contributed by atoms with Crippen molar-refractivity contribution in [1.82, 2.24) is 4.40 Å². The second kappa shape index (κ2) is 5.94. The predicted octanol–water partition coefficient (Wildman–Crippen LogP) is 4.09. The molecule has 5 nitrogen and oxygen atoms in total. The fourth-order valence-corrected chi connectivity index (χ4v) is 2.92. The van der Waals surface area contributed by atoms with Crippen LogP contribution in [-0.4, -0.2) is 22.8 Å². The highest BCUT2D eigenvalue weighted by Crippen LogP contribution is 2.24. The first kappa shape index (κ1) is 15.2. The van der Waals surface area contributed by atoms with Crippen LogP contribution in [0.25, 0.3) is 16.5 Å². The quantitative estimate of drug-likeness (QED) is 0.417. The number of ether oxygens (including phenoxy) is 1. The Balaban J connectivity index is 1.85. The summed E-state index contributed by atoms with van der Waals surface area (Å²) < 4.78 is 12.4. The van der Waals surface area contributed by atoms with Crippen molar-refractivity contribution in [2.45, 2.75) is 6.92 Å². The van der Waals surface area contributed by atoms with Gasteiger partial charge in [0.25, 0.3) is 0 Å². The van der Waals surface area contributed by atoms with E-state index in [4.69, 9.17) is 9.15 Å². The van der Waals surface area contributed by atoms with E-state index in [0.717, 1.165) is 5.39 Å². The van der Waals surface area contributed by atoms with Crippen molar-refractivity contribution >= 4 is 28.2 Å². The van der Waals surface area contributed by atoms with Crippen molar-refractivity contribution in [3.8, 4) is 0 Å². The number of ketones is 1. The highest BCUT2D eigenvalue weighted by Gasteiger charge is 2.23. The van der Waals surface area contributed by atoms with Gasteiger partial charge in [-0.3, -0.25) is 4.79 Å². The van der Waals surface area contributed by atoms with Gasteiger partial charge in [0.1, 0.15) is 5.58 Å². The molecule has 3 heterocycles. The Bertz CT molecular complexity index is 1070. The van der Waals surface area contributed by atoms with Gasteiger partial charge in [-0.1, -0.05) is 24.3 Å². The SMILES string of the molecule is CCOC(=O)c1cc(C(=O)c2cc3ccccc3o2)n2ccccc12. The molecular weight excluding hydrogens is 318 g/mol. The van der Waals surface area contributed by atoms with Gasteiger partial charge >= 0.3 is 5.97 Å². The lowest BCUT2D eigenvalue weighted by Crippen LogP contribution is -2.03. The number of carbonyl (C=O) groups is 2. The van der Waals surface area contributed by atoms with E-state index in [-0.39, 0.29) is 18.2 Å². The summed E-state index contributed by atoms with van der Waals surface area (Å²) in [5.74, 6) is -0.498. The molecule has 0 spiro atoms. The highest BCUT2D eigenvalue weighted by atomic mass is 16.5. The molecule has 0 saturated heterocycles. The number of hydrogen-bond acceptors (Lipinski definition) is 4. The number of esters is 1. The summed E-state index contributed by atoms with van der Waals surface area (Å²) in [4.78, 5) is 25.2. The smallest absolute Gasteiger partial charge is 0.340 e. The summed E-state index contributed by atoms with van der Waals surface area (Å²) in [5, 5.41) is 0.859. The third-order valence-corrected chi connectivity index (χ3v) is 4.05. The Morgan fingerprint density at radius 2 is 1.88 bits per heavy atom. The predicted molar refractivity (Wildman–Crippen MR) is 93.0 cm³/mol. The largest absolute Gasteiger partial charge is 0.462 e. The molecule has 124 valence electrons. The molecule has 5 heteroatoms. The number of carbonyl (C=O) groups excluding carboxylic acids is 2. The highest BCUT2D eigenvalue weighted by molar-refractivity contribution is 6.11. The zero-order valence-electron chi connectivity index (χ0n) is 13.6. The zero-order chi connectivity index (χ0) is 17.4. The summed E-state index contributed by atoms with van der Waals surface area (Å²) in [6, 6.07) is 16.1. The van der Waals surface area contributed by atoms with E-state index in [1.54, 1.807) is 41.8 Å². The standard InChI is InChI=1S/C20H15NO4/c1-2-24-20(23)14-12-16(21-10-6-5-8-15(14)21)19(22)18-11-13-7-3-4-9-17(13)25-18/h3-12H,2H2,1H3. The Kier molecular flexibility index (Phi) is 3.61. The molecule has 1 aromatic carbocycles. The molecule has 0 aliphatic rings. The van der Waals surface area contributed by atoms with Crippen molar-refractivity contribution < 1.29 is 18.7 Å². The molecule has 4 aromatic rings. The molecule has 0 saturated carbocycles. The lowest BCUT2D eigenvalue weighted by Gasteiger charge is -2.01. The fourth-order valence-electron chi connectivity index (χ4n) is 2.92. The Labute approximate surface area is 143 Å². The van der Waals surface area contributed by atoms with Crippen LogP contribution >= 0.6 is 0 Å². The third-order valence-electron chi connectivity index (χ3n) is 4.05. The van der Waals surface area contributed by atoms with E-state index in [0.29, 0.717) is 22.4 Å². The van der Waals surface area contributed by atoms with E-state index < -0.39 is 5.97 Å². The van der Waals surface area contributed by atoms with Crippen LogP contribution in [-0.2, 0) is 4.74 Å². The van der Waals surface area contributed by atoms with E-state index in [1.807, 2.05) is 30.3 Å². The van der Waals surface area contributed by atoms with E-state index in [9.17, 15) is 9.59 Å². The number of benzene rings is 1. The molecule has 0 atom stereocenters. The minimum absolute atomic E-state index is 0.236. The summed E-state index contributed by atoms with van der Waals surface area (Å²) in [5.41, 5.74) is 2.00. The first-order chi connectivity index (χ1) is 12.2. The molecule has 0 aliphatic carbocycles. The van der Waals surface area contributed by atoms with E-state index >= 15 is 0 Å². The van der Waals surface area contributed by atoms with Crippen molar-refractivity contribution in [3.05, 3.63) is 77.8 Å². The molecule has 3 aromatic heterocycles. The Morgan fingerprint density at radius 3 is 2.68 bits per heavy atom. The van der Waals surface area contributed by atoms with Gasteiger partial charge in [-0.25, -0.2) is 4.79 Å². The molecule has 0 bridgehead atoms. The Hall–Kier alpha value is -3.34. The van der Waals surface area contributed by atoms with Crippen LogP contribution < -0.4 is 0 Å². The number of furan rings is 1. The molecule has 0 N–H and O–H groups in total. The number of aromatic nitrogens is 1. The third kappa shape index (κ3) is 2.50. The minimum atomic E-state index is -0.449. The summed E-state index contributed by atoms with van der Waals surface area (Å²) in [7, 11) is 0. The van der Waals surface area contributed by atoms with Gasteiger partial charge in [0.2, 0.25) is 5.78 Å². The molecule has 4 rings (SSSR count). The van der Waals surface area contributed by atoms with Crippen LogP contribution in [0.15, 0.2) is 65.2 Å². The second-order valence-corrected chi connectivity index (χ2v) is 5.60. The van der Waals surface area contributed by atoms with Gasteiger partial charge in [-0.15, -0.1) is 0 Å². The normalized spacial score (nSPS) is 11.1. The number of fused-ring (bicyclic) bond motifs is 2. The number of pyridine rings is 1. The average Bonchev–Trinajstić information content (AvgIpc) is 3.23. The lowest BCUT2D eigenvalue weighted by atomic mass is 10.2. The molecule has 0 radical (unpaired) electrons. The summed E-state index contributed by atoms with van der Waals surface area (Å²) >= 11 is 0. The van der Waals surface area contributed by atoms with Crippen LogP contribution in [0.3, 0.4) is 0 Å². The monoisotopic (exact) mass is 333 g/mol. The molecule has 0 unspecified atom stereocenters. The summed E-state index contributed by atoms with van der Waals surface area (Å²) in [6.07, 6.45) is 1.74. The second-order valence-electron chi connectivity index (χ2n) is 5.60. The van der Waals surface area contributed by atoms with Crippen molar-refractivity contribution in [1.29, 1.82) is 0 Å². The van der Waals surface area contributed by atoms with Crippen LogP contribution in [0.4, 0.5) is 0 Å². The van der Waals surface area contributed by atoms with E-state index in [1.165, 1.54) is 0 Å². The fraction of sp³-hybridized carbons (Fsp3) is 0.100.